The molecule has 0 amide bonds. The molecule has 0 aliphatic heterocycles. The molecule has 104 valence electrons. The summed E-state index contributed by atoms with van der Waals surface area (Å²) in [5.74, 6) is -1.00. The molecule has 0 unspecified atom stereocenters. The van der Waals surface area contributed by atoms with Crippen LogP contribution in [0.25, 0.3) is 10.9 Å². The third kappa shape index (κ3) is 2.96. The van der Waals surface area contributed by atoms with E-state index in [1.54, 1.807) is 6.07 Å². The third-order valence-corrected chi connectivity index (χ3v) is 3.23. The Balaban J connectivity index is 2.43. The van der Waals surface area contributed by atoms with E-state index in [4.69, 9.17) is 0 Å². The van der Waals surface area contributed by atoms with E-state index in [2.05, 4.69) is 16.5 Å². The van der Waals surface area contributed by atoms with Gasteiger partial charge in [0.05, 0.1) is 5.52 Å². The lowest BCUT2D eigenvalue weighted by molar-refractivity contribution is 0.0691. The molecule has 20 heavy (non-hydrogen) atoms. The molecule has 0 saturated carbocycles. The van der Waals surface area contributed by atoms with Crippen molar-refractivity contribution in [2.75, 3.05) is 18.5 Å². The van der Waals surface area contributed by atoms with Crippen molar-refractivity contribution in [1.82, 2.24) is 4.98 Å². The first-order chi connectivity index (χ1) is 9.63. The van der Waals surface area contributed by atoms with Crippen LogP contribution in [0.15, 0.2) is 43.0 Å². The van der Waals surface area contributed by atoms with Crippen LogP contribution in [-0.2, 0) is 0 Å². The van der Waals surface area contributed by atoms with Gasteiger partial charge >= 0.3 is 5.97 Å². The number of anilines is 1. The number of rotatable bonds is 6. The van der Waals surface area contributed by atoms with E-state index >= 15 is 0 Å². The van der Waals surface area contributed by atoms with Gasteiger partial charge in [-0.25, -0.2) is 9.78 Å². The minimum absolute atomic E-state index is 0.0780. The highest BCUT2D eigenvalue weighted by atomic mass is 16.4. The van der Waals surface area contributed by atoms with E-state index in [1.807, 2.05) is 37.4 Å². The molecule has 1 heterocycles. The van der Waals surface area contributed by atoms with Gasteiger partial charge in [-0.15, -0.1) is 6.58 Å². The summed E-state index contributed by atoms with van der Waals surface area (Å²) in [6.07, 6.45) is 3.82. The van der Waals surface area contributed by atoms with Crippen molar-refractivity contribution in [1.29, 1.82) is 0 Å². The van der Waals surface area contributed by atoms with Crippen LogP contribution in [0, 0.1) is 0 Å². The minimum atomic E-state index is -1.00. The highest BCUT2D eigenvalue weighted by Gasteiger charge is 2.13. The fourth-order valence-electron chi connectivity index (χ4n) is 2.18. The molecule has 1 aromatic heterocycles. The first-order valence-electron chi connectivity index (χ1n) is 6.58. The molecule has 0 bridgehead atoms. The summed E-state index contributed by atoms with van der Waals surface area (Å²) in [7, 11) is 1.97. The van der Waals surface area contributed by atoms with Gasteiger partial charge in [0.25, 0.3) is 0 Å². The van der Waals surface area contributed by atoms with E-state index < -0.39 is 5.97 Å². The predicted octanol–water partition coefficient (Wildman–Crippen LogP) is 3.34. The van der Waals surface area contributed by atoms with E-state index in [9.17, 15) is 9.90 Å². The highest BCUT2D eigenvalue weighted by molar-refractivity contribution is 5.97. The molecule has 0 spiro atoms. The lowest BCUT2D eigenvalue weighted by Gasteiger charge is -2.21. The monoisotopic (exact) mass is 270 g/mol. The number of benzene rings is 1. The number of para-hydroxylation sites is 1. The van der Waals surface area contributed by atoms with Gasteiger partial charge in [0.2, 0.25) is 0 Å². The lowest BCUT2D eigenvalue weighted by Crippen LogP contribution is -2.19. The Bertz CT molecular complexity index is 637. The molecule has 4 nitrogen and oxygen atoms in total. The quantitative estimate of drug-likeness (QED) is 0.646. The number of unbranched alkanes of at least 4 members (excludes halogenated alkanes) is 1. The molecule has 2 rings (SSSR count). The number of fused-ring (bicyclic) bond motifs is 1. The van der Waals surface area contributed by atoms with E-state index in [1.165, 1.54) is 0 Å². The summed E-state index contributed by atoms with van der Waals surface area (Å²) < 4.78 is 0. The van der Waals surface area contributed by atoms with Gasteiger partial charge in [0, 0.05) is 24.7 Å². The number of pyridine rings is 1. The number of hydrogen-bond donors (Lipinski definition) is 1. The summed E-state index contributed by atoms with van der Waals surface area (Å²) in [6, 6.07) is 9.24. The molecule has 0 atom stereocenters. The Morgan fingerprint density at radius 3 is 2.90 bits per heavy atom. The van der Waals surface area contributed by atoms with Gasteiger partial charge in [-0.3, -0.25) is 0 Å². The Morgan fingerprint density at radius 2 is 2.20 bits per heavy atom. The molecular formula is C16H18N2O2. The zero-order valence-corrected chi connectivity index (χ0v) is 11.5. The van der Waals surface area contributed by atoms with Crippen LogP contribution in [0.2, 0.25) is 0 Å². The van der Waals surface area contributed by atoms with E-state index in [0.717, 1.165) is 30.5 Å². The Morgan fingerprint density at radius 1 is 1.45 bits per heavy atom. The first kappa shape index (κ1) is 14.1. The fraction of sp³-hybridized carbons (Fsp3) is 0.250. The largest absolute Gasteiger partial charge is 0.477 e. The van der Waals surface area contributed by atoms with Crippen LogP contribution in [0.3, 0.4) is 0 Å². The Kier molecular flexibility index (Phi) is 4.35. The SMILES string of the molecule is C=CCCCN(C)c1cc(C(=O)O)nc2ccccc12. The standard InChI is InChI=1S/C16H18N2O2/c1-3-4-7-10-18(2)15-11-14(16(19)20)17-13-9-6-5-8-12(13)15/h3,5-6,8-9,11H,1,4,7,10H2,2H3,(H,19,20). The summed E-state index contributed by atoms with van der Waals surface area (Å²) >= 11 is 0. The van der Waals surface area contributed by atoms with Crippen LogP contribution in [0.5, 0.6) is 0 Å². The second-order valence-electron chi connectivity index (χ2n) is 4.70. The second kappa shape index (κ2) is 6.19. The maximum absolute atomic E-state index is 11.2. The Labute approximate surface area is 118 Å². The highest BCUT2D eigenvalue weighted by Crippen LogP contribution is 2.26. The van der Waals surface area contributed by atoms with Crippen LogP contribution >= 0.6 is 0 Å². The number of aromatic carboxylic acids is 1. The normalized spacial score (nSPS) is 10.4. The van der Waals surface area contributed by atoms with Crippen molar-refractivity contribution < 1.29 is 9.90 Å². The minimum Gasteiger partial charge on any atom is -0.477 e. The molecule has 0 aliphatic carbocycles. The topological polar surface area (TPSA) is 53.4 Å². The maximum atomic E-state index is 11.2. The predicted molar refractivity (Wildman–Crippen MR) is 81.4 cm³/mol. The van der Waals surface area contributed by atoms with Crippen molar-refractivity contribution >= 4 is 22.6 Å². The number of carboxylic acids is 1. The van der Waals surface area contributed by atoms with Crippen molar-refractivity contribution in [2.45, 2.75) is 12.8 Å². The molecule has 0 saturated heterocycles. The molecule has 0 fully saturated rings. The van der Waals surface area contributed by atoms with Crippen molar-refractivity contribution in [3.63, 3.8) is 0 Å². The van der Waals surface area contributed by atoms with Crippen LogP contribution < -0.4 is 4.90 Å². The average Bonchev–Trinajstić information content (AvgIpc) is 2.46. The Hall–Kier alpha value is -2.36. The zero-order valence-electron chi connectivity index (χ0n) is 11.5. The van der Waals surface area contributed by atoms with Gasteiger partial charge in [-0.2, -0.15) is 0 Å². The third-order valence-electron chi connectivity index (χ3n) is 3.23. The molecule has 0 radical (unpaired) electrons. The zero-order chi connectivity index (χ0) is 14.5. The van der Waals surface area contributed by atoms with E-state index in [0.29, 0.717) is 5.52 Å². The average molecular weight is 270 g/mol. The van der Waals surface area contributed by atoms with Crippen molar-refractivity contribution in [2.24, 2.45) is 0 Å². The molecule has 4 heteroatoms. The summed E-state index contributed by atoms with van der Waals surface area (Å²) in [5.41, 5.74) is 1.68. The van der Waals surface area contributed by atoms with Crippen molar-refractivity contribution in [3.8, 4) is 0 Å². The van der Waals surface area contributed by atoms with Gasteiger partial charge in [-0.05, 0) is 25.0 Å². The van der Waals surface area contributed by atoms with Gasteiger partial charge < -0.3 is 10.0 Å². The number of carboxylic acid groups (broad SMARTS) is 1. The summed E-state index contributed by atoms with van der Waals surface area (Å²) in [5, 5.41) is 10.1. The molecule has 2 aromatic rings. The number of allylic oxidation sites excluding steroid dienone is 1. The van der Waals surface area contributed by atoms with Gasteiger partial charge in [0.15, 0.2) is 5.69 Å². The molecular weight excluding hydrogens is 252 g/mol. The molecule has 1 aromatic carbocycles. The lowest BCUT2D eigenvalue weighted by atomic mass is 10.1. The van der Waals surface area contributed by atoms with Crippen molar-refractivity contribution in [3.05, 3.63) is 48.7 Å². The van der Waals surface area contributed by atoms with Gasteiger partial charge in [-0.1, -0.05) is 24.3 Å². The van der Waals surface area contributed by atoms with Crippen LogP contribution in [0.1, 0.15) is 23.3 Å². The number of aromatic nitrogens is 1. The maximum Gasteiger partial charge on any atom is 0.354 e. The summed E-state index contributed by atoms with van der Waals surface area (Å²) in [4.78, 5) is 17.4. The second-order valence-corrected chi connectivity index (χ2v) is 4.70. The van der Waals surface area contributed by atoms with Gasteiger partial charge in [0.1, 0.15) is 0 Å². The molecule has 0 aliphatic rings. The van der Waals surface area contributed by atoms with Crippen LogP contribution in [0.4, 0.5) is 5.69 Å². The fourth-order valence-corrected chi connectivity index (χ4v) is 2.18. The smallest absolute Gasteiger partial charge is 0.354 e. The van der Waals surface area contributed by atoms with E-state index in [-0.39, 0.29) is 5.69 Å². The number of hydrogen-bond acceptors (Lipinski definition) is 3. The number of nitrogens with zero attached hydrogens (tertiary/aromatic N) is 2. The van der Waals surface area contributed by atoms with Crippen LogP contribution in [-0.4, -0.2) is 29.7 Å². The summed E-state index contributed by atoms with van der Waals surface area (Å²) in [6.45, 7) is 4.56. The molecule has 1 N–H and O–H groups in total. The first-order valence-corrected chi connectivity index (χ1v) is 6.58. The number of carbonyl (C=O) groups is 1.